The van der Waals surface area contributed by atoms with Crippen molar-refractivity contribution in [1.82, 2.24) is 10.6 Å². The molecule has 2 unspecified atom stereocenters. The summed E-state index contributed by atoms with van der Waals surface area (Å²) in [6, 6.07) is 15.7. The highest BCUT2D eigenvalue weighted by atomic mass is 16.6. The predicted octanol–water partition coefficient (Wildman–Crippen LogP) is 6.79. The minimum absolute atomic E-state index is 0.202. The van der Waals surface area contributed by atoms with Gasteiger partial charge in [-0.25, -0.2) is 4.79 Å². The Morgan fingerprint density at radius 2 is 1.41 bits per heavy atom. The number of amides is 2. The molecule has 2 aromatic rings. The molecule has 1 fully saturated rings. The molecule has 0 radical (unpaired) electrons. The van der Waals surface area contributed by atoms with E-state index in [0.717, 1.165) is 49.5 Å². The van der Waals surface area contributed by atoms with Gasteiger partial charge < -0.3 is 30.0 Å². The average molecular weight is 545 g/mol. The molecule has 0 bridgehead atoms. The molecule has 3 rings (SSSR count). The Morgan fingerprint density at radius 3 is 1.90 bits per heavy atom. The fourth-order valence-electron chi connectivity index (χ4n) is 3.81. The number of urea groups is 1. The Balaban J connectivity index is 0.000000454. The summed E-state index contributed by atoms with van der Waals surface area (Å²) in [4.78, 5) is 11.8. The molecule has 7 nitrogen and oxygen atoms in total. The van der Waals surface area contributed by atoms with Gasteiger partial charge in [0.2, 0.25) is 0 Å². The quantitative estimate of drug-likeness (QED) is 0.202. The van der Waals surface area contributed by atoms with Crippen LogP contribution in [-0.4, -0.2) is 48.8 Å². The maximum Gasteiger partial charge on any atom is 0.315 e. The number of hydrogen-bond donors (Lipinski definition) is 3. The number of nitrogens with one attached hydrogen (secondary N) is 2. The van der Waals surface area contributed by atoms with E-state index in [1.165, 1.54) is 12.0 Å². The standard InChI is InChI=1S/C19H30N2O4.C11H16O.C2H6/c1-4-5-12-24-15-8-6-14(7-9-15)13-16-17(25-19(2,3)23)10-11-20-18(22)21-16;1-3-4-9-12-11-7-5-10(2)6-8-11;1-2/h6-9,16-17,23H,4-5,10-13H2,1-3H3,(H2,20,21,22);5-8H,3-4,9H2,1-2H3;1-2H3. The van der Waals surface area contributed by atoms with Crippen molar-refractivity contribution >= 4 is 6.03 Å². The van der Waals surface area contributed by atoms with E-state index in [0.29, 0.717) is 19.4 Å². The Bertz CT molecular complexity index is 894. The van der Waals surface area contributed by atoms with Crippen molar-refractivity contribution in [3.05, 3.63) is 59.7 Å². The zero-order valence-electron chi connectivity index (χ0n) is 25.2. The highest BCUT2D eigenvalue weighted by molar-refractivity contribution is 5.74. The molecule has 2 amide bonds. The fourth-order valence-corrected chi connectivity index (χ4v) is 3.81. The van der Waals surface area contributed by atoms with Crippen LogP contribution in [0, 0.1) is 6.92 Å². The second kappa shape index (κ2) is 19.3. The third kappa shape index (κ3) is 15.4. The van der Waals surface area contributed by atoms with Gasteiger partial charge >= 0.3 is 6.03 Å². The van der Waals surface area contributed by atoms with E-state index >= 15 is 0 Å². The summed E-state index contributed by atoms with van der Waals surface area (Å²) in [5, 5.41) is 15.7. The number of rotatable bonds is 12. The van der Waals surface area contributed by atoms with E-state index in [1.54, 1.807) is 13.8 Å². The van der Waals surface area contributed by atoms with Crippen LogP contribution < -0.4 is 20.1 Å². The average Bonchev–Trinajstić information content (AvgIpc) is 3.07. The first-order chi connectivity index (χ1) is 18.7. The number of aliphatic hydroxyl groups is 1. The van der Waals surface area contributed by atoms with Crippen molar-refractivity contribution in [3.8, 4) is 11.5 Å². The molecule has 0 saturated carbocycles. The Kier molecular flexibility index (Phi) is 17.0. The smallest absolute Gasteiger partial charge is 0.315 e. The van der Waals surface area contributed by atoms with Gasteiger partial charge in [0, 0.05) is 6.54 Å². The van der Waals surface area contributed by atoms with Crippen LogP contribution in [0.2, 0.25) is 0 Å². The zero-order valence-corrected chi connectivity index (χ0v) is 25.2. The van der Waals surface area contributed by atoms with Crippen molar-refractivity contribution in [1.29, 1.82) is 0 Å². The van der Waals surface area contributed by atoms with E-state index < -0.39 is 5.79 Å². The van der Waals surface area contributed by atoms with Gasteiger partial charge in [0.25, 0.3) is 0 Å². The zero-order chi connectivity index (χ0) is 29.1. The number of ether oxygens (including phenoxy) is 3. The van der Waals surface area contributed by atoms with Gasteiger partial charge in [0.15, 0.2) is 5.79 Å². The number of carbonyl (C=O) groups is 1. The summed E-state index contributed by atoms with van der Waals surface area (Å²) in [6.07, 6.45) is 5.48. The Labute approximate surface area is 236 Å². The molecule has 220 valence electrons. The second-order valence-corrected chi connectivity index (χ2v) is 9.96. The fraction of sp³-hybridized carbons (Fsp3) is 0.594. The molecule has 7 heteroatoms. The van der Waals surface area contributed by atoms with Gasteiger partial charge in [-0.1, -0.05) is 70.4 Å². The molecule has 2 atom stereocenters. The minimum Gasteiger partial charge on any atom is -0.494 e. The van der Waals surface area contributed by atoms with Crippen LogP contribution in [-0.2, 0) is 11.2 Å². The maximum atomic E-state index is 11.8. The molecule has 1 aliphatic rings. The number of benzene rings is 2. The molecule has 1 saturated heterocycles. The summed E-state index contributed by atoms with van der Waals surface area (Å²) in [5.41, 5.74) is 2.36. The molecule has 0 spiro atoms. The first kappa shape index (κ1) is 34.3. The van der Waals surface area contributed by atoms with Crippen LogP contribution in [0.25, 0.3) is 0 Å². The first-order valence-corrected chi connectivity index (χ1v) is 14.6. The molecular weight excluding hydrogens is 492 g/mol. The summed E-state index contributed by atoms with van der Waals surface area (Å²) in [5.74, 6) is 0.594. The van der Waals surface area contributed by atoms with Gasteiger partial charge in [-0.15, -0.1) is 0 Å². The lowest BCUT2D eigenvalue weighted by atomic mass is 9.99. The summed E-state index contributed by atoms with van der Waals surface area (Å²) in [6.45, 7) is 15.7. The van der Waals surface area contributed by atoms with E-state index in [4.69, 9.17) is 14.2 Å². The van der Waals surface area contributed by atoms with Crippen LogP contribution in [0.4, 0.5) is 4.79 Å². The van der Waals surface area contributed by atoms with E-state index in [-0.39, 0.29) is 18.2 Å². The van der Waals surface area contributed by atoms with Gasteiger partial charge in [0.1, 0.15) is 11.5 Å². The third-order valence-electron chi connectivity index (χ3n) is 5.85. The molecule has 2 aromatic carbocycles. The van der Waals surface area contributed by atoms with Crippen LogP contribution in [0.5, 0.6) is 11.5 Å². The van der Waals surface area contributed by atoms with Gasteiger partial charge in [-0.3, -0.25) is 0 Å². The molecular formula is C32H52N2O5. The summed E-state index contributed by atoms with van der Waals surface area (Å²) < 4.78 is 16.9. The Hall–Kier alpha value is -2.77. The number of aryl methyl sites for hydroxylation is 1. The highest BCUT2D eigenvalue weighted by Crippen LogP contribution is 2.20. The Morgan fingerprint density at radius 1 is 0.897 bits per heavy atom. The number of hydrogen-bond acceptors (Lipinski definition) is 5. The molecule has 1 heterocycles. The van der Waals surface area contributed by atoms with Crippen LogP contribution in [0.1, 0.15) is 84.8 Å². The van der Waals surface area contributed by atoms with Crippen molar-refractivity contribution < 1.29 is 24.1 Å². The molecule has 39 heavy (non-hydrogen) atoms. The second-order valence-electron chi connectivity index (χ2n) is 9.96. The minimum atomic E-state index is -1.24. The van der Waals surface area contributed by atoms with Crippen molar-refractivity contribution in [3.63, 3.8) is 0 Å². The molecule has 0 aliphatic carbocycles. The number of carbonyl (C=O) groups excluding carboxylic acids is 1. The van der Waals surface area contributed by atoms with Crippen molar-refractivity contribution in [2.75, 3.05) is 19.8 Å². The van der Waals surface area contributed by atoms with Crippen LogP contribution in [0.3, 0.4) is 0 Å². The monoisotopic (exact) mass is 544 g/mol. The summed E-state index contributed by atoms with van der Waals surface area (Å²) in [7, 11) is 0. The maximum absolute atomic E-state index is 11.8. The van der Waals surface area contributed by atoms with Gasteiger partial charge in [-0.2, -0.15) is 0 Å². The normalized spacial score (nSPS) is 16.8. The van der Waals surface area contributed by atoms with Crippen molar-refractivity contribution in [2.45, 2.75) is 105 Å². The van der Waals surface area contributed by atoms with Crippen LogP contribution in [0.15, 0.2) is 48.5 Å². The van der Waals surface area contributed by atoms with Crippen LogP contribution >= 0.6 is 0 Å². The van der Waals surface area contributed by atoms with E-state index in [9.17, 15) is 9.90 Å². The van der Waals surface area contributed by atoms with Gasteiger partial charge in [-0.05, 0) is 76.3 Å². The first-order valence-electron chi connectivity index (χ1n) is 14.6. The lowest BCUT2D eigenvalue weighted by Gasteiger charge is -2.31. The van der Waals surface area contributed by atoms with Crippen molar-refractivity contribution in [2.24, 2.45) is 0 Å². The third-order valence-corrected chi connectivity index (χ3v) is 5.85. The lowest BCUT2D eigenvalue weighted by molar-refractivity contribution is -0.211. The highest BCUT2D eigenvalue weighted by Gasteiger charge is 2.31. The molecule has 0 aromatic heterocycles. The largest absolute Gasteiger partial charge is 0.494 e. The molecule has 1 aliphatic heterocycles. The molecule has 3 N–H and O–H groups in total. The predicted molar refractivity (Wildman–Crippen MR) is 160 cm³/mol. The lowest BCUT2D eigenvalue weighted by Crippen LogP contribution is -2.48. The van der Waals surface area contributed by atoms with Gasteiger partial charge in [0.05, 0.1) is 25.4 Å². The number of unbranched alkanes of at least 4 members (excludes halogenated alkanes) is 2. The SMILES string of the molecule is CC.CCCCOc1ccc(C)cc1.CCCCOc1ccc(CC2NC(=O)NCCC2OC(C)(C)O)cc1. The van der Waals surface area contributed by atoms with E-state index in [2.05, 4.69) is 43.5 Å². The topological polar surface area (TPSA) is 89.1 Å². The van der Waals surface area contributed by atoms with E-state index in [1.807, 2.05) is 50.2 Å². The summed E-state index contributed by atoms with van der Waals surface area (Å²) >= 11 is 0.